The molecule has 3 aromatic rings. The number of benzene rings is 2. The fourth-order valence-electron chi connectivity index (χ4n) is 3.23. The molecule has 0 saturated heterocycles. The number of anilines is 1. The van der Waals surface area contributed by atoms with Crippen LogP contribution in [-0.4, -0.2) is 37.6 Å². The SMILES string of the molecule is COC(C)Cn1cc2cc(-c3cccc(NS(C)(=O)=O)c3)cc(C)c2c1O. The molecule has 2 aromatic carbocycles. The van der Waals surface area contributed by atoms with Crippen molar-refractivity contribution >= 4 is 26.5 Å². The van der Waals surface area contributed by atoms with Gasteiger partial charge in [-0.05, 0) is 48.7 Å². The van der Waals surface area contributed by atoms with E-state index in [-0.39, 0.29) is 12.0 Å². The minimum Gasteiger partial charge on any atom is -0.494 e. The zero-order chi connectivity index (χ0) is 19.8. The van der Waals surface area contributed by atoms with Gasteiger partial charge in [0.15, 0.2) is 5.88 Å². The van der Waals surface area contributed by atoms with E-state index in [1.807, 2.05) is 44.3 Å². The predicted octanol–water partition coefficient (Wildman–Crippen LogP) is 3.73. The van der Waals surface area contributed by atoms with Crippen LogP contribution in [0.15, 0.2) is 42.6 Å². The molecule has 1 unspecified atom stereocenters. The Labute approximate surface area is 159 Å². The molecule has 27 heavy (non-hydrogen) atoms. The topological polar surface area (TPSA) is 80.6 Å². The van der Waals surface area contributed by atoms with Crippen LogP contribution in [0.5, 0.6) is 5.88 Å². The van der Waals surface area contributed by atoms with Crippen molar-refractivity contribution in [2.45, 2.75) is 26.5 Å². The molecule has 144 valence electrons. The first kappa shape index (κ1) is 19.3. The third kappa shape index (κ3) is 4.26. The average Bonchev–Trinajstić information content (AvgIpc) is 2.89. The Kier molecular flexibility index (Phi) is 5.17. The number of rotatable bonds is 6. The van der Waals surface area contributed by atoms with Gasteiger partial charge >= 0.3 is 0 Å². The molecule has 0 aliphatic rings. The van der Waals surface area contributed by atoms with Gasteiger partial charge in [0, 0.05) is 29.8 Å². The van der Waals surface area contributed by atoms with Crippen molar-refractivity contribution < 1.29 is 18.3 Å². The molecule has 2 N–H and O–H groups in total. The van der Waals surface area contributed by atoms with Crippen molar-refractivity contribution in [3.8, 4) is 17.0 Å². The smallest absolute Gasteiger partial charge is 0.229 e. The number of nitrogens with zero attached hydrogens (tertiary/aromatic N) is 1. The van der Waals surface area contributed by atoms with Gasteiger partial charge in [-0.2, -0.15) is 0 Å². The van der Waals surface area contributed by atoms with Crippen molar-refractivity contribution in [1.29, 1.82) is 0 Å². The van der Waals surface area contributed by atoms with E-state index < -0.39 is 10.0 Å². The van der Waals surface area contributed by atoms with Crippen LogP contribution in [-0.2, 0) is 21.3 Å². The summed E-state index contributed by atoms with van der Waals surface area (Å²) in [5.74, 6) is 0.227. The highest BCUT2D eigenvalue weighted by Crippen LogP contribution is 2.35. The summed E-state index contributed by atoms with van der Waals surface area (Å²) in [6.07, 6.45) is 3.02. The molecule has 0 spiro atoms. The second kappa shape index (κ2) is 7.25. The van der Waals surface area contributed by atoms with E-state index >= 15 is 0 Å². The highest BCUT2D eigenvalue weighted by atomic mass is 32.2. The molecule has 0 aliphatic carbocycles. The van der Waals surface area contributed by atoms with Crippen LogP contribution in [0.4, 0.5) is 5.69 Å². The minimum absolute atomic E-state index is 0.0174. The number of sulfonamides is 1. The molecule has 0 aliphatic heterocycles. The van der Waals surface area contributed by atoms with Crippen molar-refractivity contribution in [2.75, 3.05) is 18.1 Å². The number of aryl methyl sites for hydroxylation is 1. The molecule has 0 radical (unpaired) electrons. The number of hydrogen-bond acceptors (Lipinski definition) is 4. The third-order valence-electron chi connectivity index (χ3n) is 4.51. The lowest BCUT2D eigenvalue weighted by Gasteiger charge is -2.11. The molecular formula is C20H24N2O4S. The number of methoxy groups -OCH3 is 1. The Hall–Kier alpha value is -2.51. The van der Waals surface area contributed by atoms with Gasteiger partial charge < -0.3 is 14.4 Å². The van der Waals surface area contributed by atoms with E-state index in [0.717, 1.165) is 33.7 Å². The van der Waals surface area contributed by atoms with Gasteiger partial charge in [-0.3, -0.25) is 4.72 Å². The molecular weight excluding hydrogens is 364 g/mol. The minimum atomic E-state index is -3.33. The van der Waals surface area contributed by atoms with E-state index in [4.69, 9.17) is 4.74 Å². The van der Waals surface area contributed by atoms with Gasteiger partial charge in [-0.1, -0.05) is 18.2 Å². The summed E-state index contributed by atoms with van der Waals surface area (Å²) in [6, 6.07) is 11.2. The monoisotopic (exact) mass is 388 g/mol. The van der Waals surface area contributed by atoms with Crippen LogP contribution in [0.1, 0.15) is 12.5 Å². The van der Waals surface area contributed by atoms with Gasteiger partial charge in [0.25, 0.3) is 0 Å². The summed E-state index contributed by atoms with van der Waals surface area (Å²) in [6.45, 7) is 4.45. The van der Waals surface area contributed by atoms with Gasteiger partial charge in [-0.25, -0.2) is 8.42 Å². The molecule has 0 saturated carbocycles. The summed E-state index contributed by atoms with van der Waals surface area (Å²) >= 11 is 0. The van der Waals surface area contributed by atoms with Crippen molar-refractivity contribution in [3.63, 3.8) is 0 Å². The normalized spacial score (nSPS) is 13.0. The maximum atomic E-state index is 11.5. The molecule has 1 atom stereocenters. The number of ether oxygens (including phenoxy) is 1. The van der Waals surface area contributed by atoms with Gasteiger partial charge in [0.05, 0.1) is 18.9 Å². The Morgan fingerprint density at radius 3 is 2.63 bits per heavy atom. The number of aromatic nitrogens is 1. The maximum Gasteiger partial charge on any atom is 0.229 e. The fourth-order valence-corrected chi connectivity index (χ4v) is 3.78. The molecule has 3 rings (SSSR count). The van der Waals surface area contributed by atoms with E-state index in [2.05, 4.69) is 4.72 Å². The van der Waals surface area contributed by atoms with Crippen molar-refractivity contribution in [3.05, 3.63) is 48.2 Å². The molecule has 1 heterocycles. The quantitative estimate of drug-likeness (QED) is 0.674. The lowest BCUT2D eigenvalue weighted by atomic mass is 9.99. The summed E-state index contributed by atoms with van der Waals surface area (Å²) < 4.78 is 32.5. The second-order valence-electron chi connectivity index (χ2n) is 6.86. The number of nitrogens with one attached hydrogen (secondary N) is 1. The Morgan fingerprint density at radius 1 is 1.22 bits per heavy atom. The summed E-state index contributed by atoms with van der Waals surface area (Å²) in [5.41, 5.74) is 3.31. The van der Waals surface area contributed by atoms with Crippen LogP contribution in [0.2, 0.25) is 0 Å². The number of aromatic hydroxyl groups is 1. The largest absolute Gasteiger partial charge is 0.494 e. The van der Waals surface area contributed by atoms with Gasteiger partial charge in [0.1, 0.15) is 0 Å². The lowest BCUT2D eigenvalue weighted by Crippen LogP contribution is -2.13. The first-order valence-corrected chi connectivity index (χ1v) is 10.5. The van der Waals surface area contributed by atoms with Crippen LogP contribution < -0.4 is 4.72 Å². The standard InChI is InChI=1S/C20H24N2O4S/c1-13-8-16(15-6-5-7-18(10-15)21-27(4,24)25)9-17-12-22(11-14(2)26-3)20(23)19(13)17/h5-10,12,14,21,23H,11H2,1-4H3. The van der Waals surface area contributed by atoms with Crippen LogP contribution in [0.3, 0.4) is 0 Å². The Bertz CT molecular complexity index is 1090. The molecule has 7 heteroatoms. The van der Waals surface area contributed by atoms with E-state index in [1.165, 1.54) is 0 Å². The zero-order valence-electron chi connectivity index (χ0n) is 15.9. The predicted molar refractivity (Wildman–Crippen MR) is 109 cm³/mol. The van der Waals surface area contributed by atoms with E-state index in [1.54, 1.807) is 23.8 Å². The average molecular weight is 388 g/mol. The molecule has 1 aromatic heterocycles. The third-order valence-corrected chi connectivity index (χ3v) is 5.12. The molecule has 0 fully saturated rings. The molecule has 0 bridgehead atoms. The lowest BCUT2D eigenvalue weighted by molar-refractivity contribution is 0.101. The van der Waals surface area contributed by atoms with Gasteiger partial charge in [-0.15, -0.1) is 0 Å². The van der Waals surface area contributed by atoms with Gasteiger partial charge in [0.2, 0.25) is 10.0 Å². The van der Waals surface area contributed by atoms with E-state index in [0.29, 0.717) is 12.2 Å². The van der Waals surface area contributed by atoms with Crippen LogP contribution in [0.25, 0.3) is 21.9 Å². The Morgan fingerprint density at radius 2 is 1.96 bits per heavy atom. The van der Waals surface area contributed by atoms with Crippen LogP contribution >= 0.6 is 0 Å². The summed E-state index contributed by atoms with van der Waals surface area (Å²) in [5, 5.41) is 12.3. The summed E-state index contributed by atoms with van der Waals surface area (Å²) in [7, 11) is -1.69. The highest BCUT2D eigenvalue weighted by Gasteiger charge is 2.14. The van der Waals surface area contributed by atoms with Crippen LogP contribution in [0, 0.1) is 6.92 Å². The molecule has 6 nitrogen and oxygen atoms in total. The van der Waals surface area contributed by atoms with E-state index in [9.17, 15) is 13.5 Å². The maximum absolute atomic E-state index is 11.5. The zero-order valence-corrected chi connectivity index (χ0v) is 16.7. The second-order valence-corrected chi connectivity index (χ2v) is 8.61. The highest BCUT2D eigenvalue weighted by molar-refractivity contribution is 7.92. The first-order chi connectivity index (χ1) is 12.7. The number of hydrogen-bond donors (Lipinski definition) is 2. The van der Waals surface area contributed by atoms with Crippen molar-refractivity contribution in [1.82, 2.24) is 4.57 Å². The first-order valence-electron chi connectivity index (χ1n) is 8.61. The number of fused-ring (bicyclic) bond motifs is 1. The molecule has 0 amide bonds. The summed E-state index contributed by atoms with van der Waals surface area (Å²) in [4.78, 5) is 0. The fraction of sp³-hybridized carbons (Fsp3) is 0.300. The Balaban J connectivity index is 2.05. The van der Waals surface area contributed by atoms with Crippen molar-refractivity contribution in [2.24, 2.45) is 0 Å².